The van der Waals surface area contributed by atoms with Crippen LogP contribution in [-0.2, 0) is 19.1 Å². The number of likely N-dealkylation sites (tertiary alicyclic amines) is 1. The van der Waals surface area contributed by atoms with Crippen LogP contribution in [0.15, 0.2) is 54.6 Å². The Balaban J connectivity index is 1.41. The number of fused-ring (bicyclic) bond motifs is 1. The van der Waals surface area contributed by atoms with E-state index in [2.05, 4.69) is 10.6 Å². The predicted molar refractivity (Wildman–Crippen MR) is 140 cm³/mol. The van der Waals surface area contributed by atoms with E-state index in [1.807, 2.05) is 18.2 Å². The molecule has 0 aromatic heterocycles. The molecule has 5 atom stereocenters. The number of anilines is 2. The van der Waals surface area contributed by atoms with E-state index in [9.17, 15) is 14.4 Å². The van der Waals surface area contributed by atoms with Gasteiger partial charge in [-0.2, -0.15) is 0 Å². The first kappa shape index (κ1) is 25.7. The lowest BCUT2D eigenvalue weighted by Gasteiger charge is -2.33. The number of para-hydroxylation sites is 1. The minimum Gasteiger partial charge on any atom is -0.396 e. The number of hydrogen-bond donors (Lipinski definition) is 3. The number of nitrogens with one attached hydrogen (secondary N) is 2. The monoisotopic (exact) mass is 525 g/mol. The Kier molecular flexibility index (Phi) is 7.51. The lowest BCUT2D eigenvalue weighted by atomic mass is 9.70. The number of benzene rings is 2. The fourth-order valence-corrected chi connectivity index (χ4v) is 6.36. The minimum absolute atomic E-state index is 0.132. The number of hydrogen-bond acceptors (Lipinski definition) is 5. The molecule has 3 amide bonds. The van der Waals surface area contributed by atoms with Gasteiger partial charge in [-0.25, -0.2) is 0 Å². The van der Waals surface area contributed by atoms with Crippen LogP contribution in [0.1, 0.15) is 38.5 Å². The third-order valence-corrected chi connectivity index (χ3v) is 8.06. The number of carbonyl (C=O) groups excluding carboxylic acids is 3. The Hall–Kier alpha value is -2.94. The molecule has 2 aromatic carbocycles. The van der Waals surface area contributed by atoms with Crippen LogP contribution in [0.3, 0.4) is 0 Å². The molecule has 0 aliphatic carbocycles. The van der Waals surface area contributed by atoms with Gasteiger partial charge in [0.1, 0.15) is 11.6 Å². The molecule has 37 heavy (non-hydrogen) atoms. The summed E-state index contributed by atoms with van der Waals surface area (Å²) in [6.45, 7) is 0.523. The molecule has 3 aliphatic heterocycles. The first-order valence-electron chi connectivity index (χ1n) is 13.0. The second-order valence-corrected chi connectivity index (χ2v) is 10.5. The number of amides is 3. The van der Waals surface area contributed by atoms with Crippen LogP contribution in [-0.4, -0.2) is 58.6 Å². The summed E-state index contributed by atoms with van der Waals surface area (Å²) in [5.41, 5.74) is 0.199. The number of aliphatic hydroxyl groups is 1. The normalized spacial score (nSPS) is 27.8. The number of unbranched alkanes of at least 4 members (excludes halogenated alkanes) is 3. The average molecular weight is 526 g/mol. The van der Waals surface area contributed by atoms with E-state index in [-0.39, 0.29) is 24.3 Å². The quantitative estimate of drug-likeness (QED) is 0.408. The van der Waals surface area contributed by atoms with E-state index in [0.717, 1.165) is 12.8 Å². The van der Waals surface area contributed by atoms with Crippen LogP contribution >= 0.6 is 11.6 Å². The first-order valence-corrected chi connectivity index (χ1v) is 13.3. The molecule has 0 saturated carbocycles. The molecule has 3 fully saturated rings. The third-order valence-electron chi connectivity index (χ3n) is 7.81. The molecule has 196 valence electrons. The van der Waals surface area contributed by atoms with Crippen LogP contribution in [0.5, 0.6) is 0 Å². The Bertz CT molecular complexity index is 1140. The van der Waals surface area contributed by atoms with Crippen molar-refractivity contribution in [1.82, 2.24) is 4.90 Å². The van der Waals surface area contributed by atoms with Gasteiger partial charge in [0.15, 0.2) is 0 Å². The molecule has 3 aliphatic rings. The van der Waals surface area contributed by atoms with Crippen LogP contribution in [0.25, 0.3) is 0 Å². The Morgan fingerprint density at radius 3 is 2.38 bits per heavy atom. The van der Waals surface area contributed by atoms with Gasteiger partial charge in [-0.3, -0.25) is 14.4 Å². The van der Waals surface area contributed by atoms with E-state index in [0.29, 0.717) is 48.6 Å². The number of halogens is 1. The van der Waals surface area contributed by atoms with Crippen molar-refractivity contribution in [3.8, 4) is 0 Å². The molecule has 3 saturated heterocycles. The second-order valence-electron chi connectivity index (χ2n) is 10.1. The maximum Gasteiger partial charge on any atom is 0.250 e. The molecule has 1 spiro atoms. The smallest absolute Gasteiger partial charge is 0.250 e. The van der Waals surface area contributed by atoms with Crippen molar-refractivity contribution >= 4 is 40.7 Å². The standard InChI is InChI=1S/C28H32ClN3O5/c29-18-10-12-20(13-11-18)31-26(35)24-28-15-14-21(37-28)22(25(34)30-19-8-4-3-5-9-19)23(28)27(36)32(24)16-6-1-2-7-17-33/h3-5,8-13,21-24,33H,1-2,6-7,14-17H2,(H,30,34)(H,31,35)/t21-,22+,23+,24?,28?/m1/s1. The zero-order valence-corrected chi connectivity index (χ0v) is 21.3. The van der Waals surface area contributed by atoms with E-state index >= 15 is 0 Å². The van der Waals surface area contributed by atoms with Crippen molar-refractivity contribution < 1.29 is 24.2 Å². The summed E-state index contributed by atoms with van der Waals surface area (Å²) < 4.78 is 6.45. The summed E-state index contributed by atoms with van der Waals surface area (Å²) >= 11 is 6.00. The van der Waals surface area contributed by atoms with Gasteiger partial charge in [-0.1, -0.05) is 42.6 Å². The molecule has 8 nitrogen and oxygen atoms in total. The Morgan fingerprint density at radius 1 is 0.973 bits per heavy atom. The predicted octanol–water partition coefficient (Wildman–Crippen LogP) is 3.84. The number of rotatable bonds is 10. The van der Waals surface area contributed by atoms with E-state index in [4.69, 9.17) is 21.4 Å². The van der Waals surface area contributed by atoms with Crippen molar-refractivity contribution in [3.63, 3.8) is 0 Å². The van der Waals surface area contributed by atoms with Crippen molar-refractivity contribution in [3.05, 3.63) is 59.6 Å². The maximum atomic E-state index is 13.9. The van der Waals surface area contributed by atoms with Gasteiger partial charge in [0, 0.05) is 29.5 Å². The minimum atomic E-state index is -1.04. The SMILES string of the molecule is O=C(Nc1ccc(Cl)cc1)C1N(CCCCCCO)C(=O)[C@@H]2[C@@H](C(=O)Nc3ccccc3)[C@H]3CCC12O3. The van der Waals surface area contributed by atoms with Gasteiger partial charge in [0.2, 0.25) is 17.7 Å². The van der Waals surface area contributed by atoms with Gasteiger partial charge in [0.25, 0.3) is 0 Å². The largest absolute Gasteiger partial charge is 0.396 e. The average Bonchev–Trinajstić information content (AvgIpc) is 3.53. The fourth-order valence-electron chi connectivity index (χ4n) is 6.23. The van der Waals surface area contributed by atoms with Gasteiger partial charge in [0.05, 0.1) is 17.9 Å². The van der Waals surface area contributed by atoms with Gasteiger partial charge < -0.3 is 25.4 Å². The number of nitrogens with zero attached hydrogens (tertiary/aromatic N) is 1. The lowest BCUT2D eigenvalue weighted by Crippen LogP contribution is -2.53. The Labute approximate surface area is 221 Å². The van der Waals surface area contributed by atoms with Crippen LogP contribution in [0.4, 0.5) is 11.4 Å². The van der Waals surface area contributed by atoms with Crippen molar-refractivity contribution in [2.24, 2.45) is 11.8 Å². The maximum absolute atomic E-state index is 13.9. The van der Waals surface area contributed by atoms with Gasteiger partial charge in [-0.05, 0) is 62.1 Å². The van der Waals surface area contributed by atoms with E-state index in [1.165, 1.54) is 0 Å². The highest BCUT2D eigenvalue weighted by atomic mass is 35.5. The fraction of sp³-hybridized carbons (Fsp3) is 0.464. The van der Waals surface area contributed by atoms with Crippen LogP contribution in [0.2, 0.25) is 5.02 Å². The van der Waals surface area contributed by atoms with E-state index < -0.39 is 29.6 Å². The molecule has 3 N–H and O–H groups in total. The summed E-state index contributed by atoms with van der Waals surface area (Å²) in [5, 5.41) is 15.5. The highest BCUT2D eigenvalue weighted by Gasteiger charge is 2.74. The molecule has 2 aromatic rings. The summed E-state index contributed by atoms with van der Waals surface area (Å²) in [7, 11) is 0. The summed E-state index contributed by atoms with van der Waals surface area (Å²) in [5.74, 6) is -2.15. The topological polar surface area (TPSA) is 108 Å². The molecule has 9 heteroatoms. The van der Waals surface area contributed by atoms with Crippen LogP contribution in [0, 0.1) is 11.8 Å². The first-order chi connectivity index (χ1) is 17.9. The third kappa shape index (κ3) is 4.85. The molecule has 3 heterocycles. The van der Waals surface area contributed by atoms with Gasteiger partial charge in [-0.15, -0.1) is 0 Å². The zero-order valence-electron chi connectivity index (χ0n) is 20.6. The Morgan fingerprint density at radius 2 is 1.65 bits per heavy atom. The highest BCUT2D eigenvalue weighted by Crippen LogP contribution is 2.58. The molecular formula is C28H32ClN3O5. The van der Waals surface area contributed by atoms with Crippen molar-refractivity contribution in [1.29, 1.82) is 0 Å². The number of aliphatic hydroxyl groups excluding tert-OH is 1. The zero-order chi connectivity index (χ0) is 26.0. The molecular weight excluding hydrogens is 494 g/mol. The molecule has 5 rings (SSSR count). The van der Waals surface area contributed by atoms with Crippen molar-refractivity contribution in [2.45, 2.75) is 56.3 Å². The highest BCUT2D eigenvalue weighted by molar-refractivity contribution is 6.30. The molecule has 2 unspecified atom stereocenters. The summed E-state index contributed by atoms with van der Waals surface area (Å²) in [6, 6.07) is 15.1. The van der Waals surface area contributed by atoms with Crippen LogP contribution < -0.4 is 10.6 Å². The summed E-state index contributed by atoms with van der Waals surface area (Å²) in [6.07, 6.45) is 3.82. The lowest BCUT2D eigenvalue weighted by molar-refractivity contribution is -0.139. The van der Waals surface area contributed by atoms with Gasteiger partial charge >= 0.3 is 0 Å². The molecule has 0 radical (unpaired) electrons. The number of ether oxygens (including phenoxy) is 1. The van der Waals surface area contributed by atoms with E-state index in [1.54, 1.807) is 41.3 Å². The molecule has 2 bridgehead atoms. The summed E-state index contributed by atoms with van der Waals surface area (Å²) in [4.78, 5) is 42.7. The van der Waals surface area contributed by atoms with Crippen molar-refractivity contribution in [2.75, 3.05) is 23.8 Å². The number of carbonyl (C=O) groups is 3. The second kappa shape index (κ2) is 10.8.